The van der Waals surface area contributed by atoms with Crippen LogP contribution in [0, 0.1) is 19.8 Å². The molecule has 3 rings (SSSR count). The van der Waals surface area contributed by atoms with E-state index in [4.69, 9.17) is 0 Å². The first-order valence-corrected chi connectivity index (χ1v) is 7.91. The maximum absolute atomic E-state index is 12.2. The second-order valence-corrected chi connectivity index (χ2v) is 6.83. The van der Waals surface area contributed by atoms with Gasteiger partial charge in [-0.3, -0.25) is 4.79 Å². The molecule has 0 saturated heterocycles. The van der Waals surface area contributed by atoms with Crippen molar-refractivity contribution in [2.24, 2.45) is 5.92 Å². The summed E-state index contributed by atoms with van der Waals surface area (Å²) in [6.07, 6.45) is 1.79. The van der Waals surface area contributed by atoms with Crippen LogP contribution < -0.4 is 16.0 Å². The van der Waals surface area contributed by atoms with Crippen LogP contribution in [-0.2, 0) is 4.79 Å². The van der Waals surface area contributed by atoms with Crippen LogP contribution >= 0.6 is 11.3 Å². The molecule has 1 amide bonds. The standard InChI is InChI=1S/C14H18N6OS/c1-6(2)9-13(21)19-10-11(18-9)16-8(4)17-12(10)20-14-15-5-7(3)22-14/h5-6,9H,1-4H3,(H,19,21)(H2,15,16,17,18,20). The van der Waals surface area contributed by atoms with Gasteiger partial charge in [0.15, 0.2) is 16.8 Å². The van der Waals surface area contributed by atoms with Crippen LogP contribution in [0.25, 0.3) is 0 Å². The molecule has 1 aliphatic rings. The number of aryl methyl sites for hydroxylation is 2. The van der Waals surface area contributed by atoms with Crippen molar-refractivity contribution >= 4 is 39.7 Å². The molecular formula is C14H18N6OS. The van der Waals surface area contributed by atoms with E-state index in [1.54, 1.807) is 6.20 Å². The van der Waals surface area contributed by atoms with Crippen molar-refractivity contribution in [3.8, 4) is 0 Å². The minimum atomic E-state index is -0.295. The Hall–Kier alpha value is -2.22. The fourth-order valence-corrected chi connectivity index (χ4v) is 2.95. The highest BCUT2D eigenvalue weighted by Gasteiger charge is 2.31. The largest absolute Gasteiger partial charge is 0.356 e. The summed E-state index contributed by atoms with van der Waals surface area (Å²) >= 11 is 1.53. The minimum absolute atomic E-state index is 0.0756. The third kappa shape index (κ3) is 2.74. The molecule has 0 spiro atoms. The van der Waals surface area contributed by atoms with Gasteiger partial charge in [-0.05, 0) is 19.8 Å². The van der Waals surface area contributed by atoms with E-state index < -0.39 is 0 Å². The van der Waals surface area contributed by atoms with Crippen molar-refractivity contribution in [3.63, 3.8) is 0 Å². The zero-order valence-corrected chi connectivity index (χ0v) is 13.7. The maximum Gasteiger partial charge on any atom is 0.247 e. The number of hydrogen-bond acceptors (Lipinski definition) is 7. The van der Waals surface area contributed by atoms with E-state index in [9.17, 15) is 4.79 Å². The topological polar surface area (TPSA) is 91.8 Å². The molecule has 116 valence electrons. The summed E-state index contributed by atoms with van der Waals surface area (Å²) in [5.41, 5.74) is 0.570. The van der Waals surface area contributed by atoms with E-state index >= 15 is 0 Å². The van der Waals surface area contributed by atoms with E-state index in [-0.39, 0.29) is 17.9 Å². The predicted molar refractivity (Wildman–Crippen MR) is 87.8 cm³/mol. The van der Waals surface area contributed by atoms with Crippen LogP contribution in [0.15, 0.2) is 6.20 Å². The summed E-state index contributed by atoms with van der Waals surface area (Å²) in [7, 11) is 0. The van der Waals surface area contributed by atoms with Gasteiger partial charge in [-0.15, -0.1) is 11.3 Å². The molecule has 2 aromatic heterocycles. The molecule has 22 heavy (non-hydrogen) atoms. The Kier molecular flexibility index (Phi) is 3.69. The third-order valence-electron chi connectivity index (χ3n) is 3.36. The minimum Gasteiger partial charge on any atom is -0.356 e. The highest BCUT2D eigenvalue weighted by Crippen LogP contribution is 2.34. The van der Waals surface area contributed by atoms with Crippen molar-refractivity contribution in [1.82, 2.24) is 15.0 Å². The lowest BCUT2D eigenvalue weighted by atomic mass is 10.0. The summed E-state index contributed by atoms with van der Waals surface area (Å²) < 4.78 is 0. The summed E-state index contributed by atoms with van der Waals surface area (Å²) in [6, 6.07) is -0.295. The fourth-order valence-electron chi connectivity index (χ4n) is 2.28. The molecule has 7 nitrogen and oxygen atoms in total. The third-order valence-corrected chi connectivity index (χ3v) is 4.19. The van der Waals surface area contributed by atoms with Crippen LogP contribution in [-0.4, -0.2) is 26.9 Å². The van der Waals surface area contributed by atoms with Gasteiger partial charge in [0.25, 0.3) is 0 Å². The van der Waals surface area contributed by atoms with Crippen LogP contribution in [0.2, 0.25) is 0 Å². The summed E-state index contributed by atoms with van der Waals surface area (Å²) in [5.74, 6) is 1.91. The van der Waals surface area contributed by atoms with Gasteiger partial charge in [0.2, 0.25) is 5.91 Å². The van der Waals surface area contributed by atoms with Crippen molar-refractivity contribution < 1.29 is 4.79 Å². The Morgan fingerprint density at radius 3 is 2.73 bits per heavy atom. The molecule has 0 aliphatic carbocycles. The molecule has 3 N–H and O–H groups in total. The Bertz CT molecular complexity index is 726. The van der Waals surface area contributed by atoms with E-state index in [1.165, 1.54) is 11.3 Å². The maximum atomic E-state index is 12.2. The Morgan fingerprint density at radius 2 is 2.09 bits per heavy atom. The van der Waals surface area contributed by atoms with Crippen LogP contribution in [0.4, 0.5) is 22.5 Å². The molecule has 2 aromatic rings. The van der Waals surface area contributed by atoms with Gasteiger partial charge in [0.05, 0.1) is 0 Å². The van der Waals surface area contributed by atoms with Gasteiger partial charge in [-0.1, -0.05) is 13.8 Å². The van der Waals surface area contributed by atoms with Crippen molar-refractivity contribution in [2.75, 3.05) is 16.0 Å². The first-order valence-electron chi connectivity index (χ1n) is 7.09. The molecule has 1 aliphatic heterocycles. The van der Waals surface area contributed by atoms with Crippen molar-refractivity contribution in [1.29, 1.82) is 0 Å². The zero-order chi connectivity index (χ0) is 15.9. The first kappa shape index (κ1) is 14.7. The second-order valence-electron chi connectivity index (χ2n) is 5.60. The monoisotopic (exact) mass is 318 g/mol. The van der Waals surface area contributed by atoms with Gasteiger partial charge in [0.1, 0.15) is 17.6 Å². The number of hydrogen-bond donors (Lipinski definition) is 3. The van der Waals surface area contributed by atoms with Crippen molar-refractivity contribution in [3.05, 3.63) is 16.9 Å². The Morgan fingerprint density at radius 1 is 1.32 bits per heavy atom. The predicted octanol–water partition coefficient (Wildman–Crippen LogP) is 2.68. The lowest BCUT2D eigenvalue weighted by molar-refractivity contribution is -0.117. The van der Waals surface area contributed by atoms with Crippen LogP contribution in [0.3, 0.4) is 0 Å². The quantitative estimate of drug-likeness (QED) is 0.806. The van der Waals surface area contributed by atoms with Crippen molar-refractivity contribution in [2.45, 2.75) is 33.7 Å². The van der Waals surface area contributed by atoms with Gasteiger partial charge < -0.3 is 16.0 Å². The van der Waals surface area contributed by atoms with Gasteiger partial charge in [-0.2, -0.15) is 0 Å². The average molecular weight is 318 g/mol. The van der Waals surface area contributed by atoms with E-state index in [1.807, 2.05) is 27.7 Å². The molecule has 3 heterocycles. The SMILES string of the molecule is Cc1nc(Nc2ncc(C)s2)c2c(n1)NC(C(C)C)C(=O)N2. The molecule has 0 aromatic carbocycles. The molecule has 0 fully saturated rings. The number of aromatic nitrogens is 3. The average Bonchev–Trinajstić information content (AvgIpc) is 2.84. The first-order chi connectivity index (χ1) is 10.4. The molecule has 1 unspecified atom stereocenters. The lowest BCUT2D eigenvalue weighted by Gasteiger charge is -2.29. The highest BCUT2D eigenvalue weighted by atomic mass is 32.1. The van der Waals surface area contributed by atoms with Gasteiger partial charge >= 0.3 is 0 Å². The van der Waals surface area contributed by atoms with E-state index in [0.29, 0.717) is 23.1 Å². The normalized spacial score (nSPS) is 17.0. The summed E-state index contributed by atoms with van der Waals surface area (Å²) in [4.78, 5) is 26.4. The highest BCUT2D eigenvalue weighted by molar-refractivity contribution is 7.15. The number of anilines is 4. The number of nitrogens with one attached hydrogen (secondary N) is 3. The van der Waals surface area contributed by atoms with Gasteiger partial charge in [0, 0.05) is 11.1 Å². The fraction of sp³-hybridized carbons (Fsp3) is 0.429. The second kappa shape index (κ2) is 5.53. The smallest absolute Gasteiger partial charge is 0.247 e. The van der Waals surface area contributed by atoms with E-state index in [2.05, 4.69) is 30.9 Å². The number of rotatable bonds is 3. The molecule has 0 saturated carbocycles. The number of amides is 1. The molecular weight excluding hydrogens is 300 g/mol. The molecule has 1 atom stereocenters. The summed E-state index contributed by atoms with van der Waals surface area (Å²) in [5, 5.41) is 9.99. The number of carbonyl (C=O) groups excluding carboxylic acids is 1. The van der Waals surface area contributed by atoms with E-state index in [0.717, 1.165) is 10.0 Å². The Balaban J connectivity index is 1.97. The molecule has 8 heteroatoms. The lowest BCUT2D eigenvalue weighted by Crippen LogP contribution is -2.43. The number of thiazole rings is 1. The van der Waals surface area contributed by atoms with Crippen LogP contribution in [0.1, 0.15) is 24.5 Å². The summed E-state index contributed by atoms with van der Waals surface area (Å²) in [6.45, 7) is 7.79. The zero-order valence-electron chi connectivity index (χ0n) is 12.9. The van der Waals surface area contributed by atoms with Gasteiger partial charge in [-0.25, -0.2) is 15.0 Å². The van der Waals surface area contributed by atoms with Crippen LogP contribution in [0.5, 0.6) is 0 Å². The molecule has 0 radical (unpaired) electrons. The number of carbonyl (C=O) groups is 1. The number of nitrogens with zero attached hydrogens (tertiary/aromatic N) is 3. The Labute approximate surface area is 132 Å². The molecule has 0 bridgehead atoms. The number of fused-ring (bicyclic) bond motifs is 1.